The molecule has 0 amide bonds. The normalized spacial score (nSPS) is 11.1. The standard InChI is InChI=1S/C24H24FN3O3.C23H22ClN3O3.C22H20ClN3O2S.C22H19F2N3O2/c1-4-31-24-26-11-17(12-27-24)23-19-10-18(30-3)7-8-21(19)28(22(23)14-29)13-16-6-5-15(2)9-20(16)25;1-3-30-23-25-11-16(12-26-23)22-18-10-17(29-2)8-9-20(18)27(21(22)14-28)13-15-6-4-5-7-19(15)24;1-28-16-7-8-19-17(9-16)21(15-10-24-22(29-2)25-11-15)20(13-27)26(19)12-14-5-3-4-6-18(14)23;1-13-3-4-14(18(23)7-13)11-27-19-6-5-16(29-2)8-17(19)21(20(27)12-28)15-9-25-22(24)26-10-15/h5-12,29H,4,13-14H2,1-3H3;4-12,28H,3,13-14H2,1-2H3;3-11,27H,12-13H2,1-2H3;3-10,28H,11-12H2,1-2H3. The second kappa shape index (κ2) is 38.8. The van der Waals surface area contributed by atoms with Crippen LogP contribution in [0.25, 0.3) is 88.1 Å². The van der Waals surface area contributed by atoms with Gasteiger partial charge >= 0.3 is 18.1 Å². The first-order valence-electron chi connectivity index (χ1n) is 37.8. The van der Waals surface area contributed by atoms with Crippen molar-refractivity contribution in [3.8, 4) is 79.5 Å². The van der Waals surface area contributed by atoms with Crippen molar-refractivity contribution >= 4 is 78.6 Å². The van der Waals surface area contributed by atoms with Crippen LogP contribution in [0.2, 0.25) is 10.0 Å². The predicted molar refractivity (Wildman–Crippen MR) is 457 cm³/mol. The lowest BCUT2D eigenvalue weighted by atomic mass is 10.0. The average Bonchev–Trinajstić information content (AvgIpc) is 1.62. The molecule has 16 rings (SSSR count). The lowest BCUT2D eigenvalue weighted by Gasteiger charge is -2.12. The molecule has 0 aliphatic carbocycles. The molecule has 0 atom stereocenters. The largest absolute Gasteiger partial charge is 0.497 e. The Morgan fingerprint density at radius 2 is 0.647 bits per heavy atom. The summed E-state index contributed by atoms with van der Waals surface area (Å²) >= 11 is 14.3. The summed E-state index contributed by atoms with van der Waals surface area (Å²) in [6.45, 7) is 9.18. The van der Waals surface area contributed by atoms with Crippen LogP contribution in [0.1, 0.15) is 70.0 Å². The molecule has 0 saturated heterocycles. The van der Waals surface area contributed by atoms with Gasteiger partial charge in [0.15, 0.2) is 5.16 Å². The molecule has 119 heavy (non-hydrogen) atoms. The van der Waals surface area contributed by atoms with Gasteiger partial charge in [-0.3, -0.25) is 0 Å². The zero-order valence-corrected chi connectivity index (χ0v) is 68.9. The highest BCUT2D eigenvalue weighted by atomic mass is 35.5. The minimum atomic E-state index is -0.831. The van der Waals surface area contributed by atoms with Crippen molar-refractivity contribution in [3.05, 3.63) is 291 Å². The molecule has 22 nitrogen and oxygen atoms in total. The van der Waals surface area contributed by atoms with Gasteiger partial charge in [0.1, 0.15) is 34.6 Å². The third-order valence-electron chi connectivity index (χ3n) is 20.1. The second-order valence-corrected chi connectivity index (χ2v) is 28.8. The SMILES string of the molecule is CCOc1ncc(-c2c(CO)n(Cc3ccc(C)cc3F)c3ccc(OC)cc23)cn1.CCOc1ncc(-c2c(CO)n(Cc3ccccc3Cl)c3ccc(OC)cc23)cn1.COc1ccc2c(c1)c(-c1cnc(F)nc1)c(CO)n2Cc1ccc(C)cc1F.COc1ccc2c(c1)c(-c1cnc(SC)nc1)c(CO)n2Cc1ccccc1Cl. The number of aryl methyl sites for hydroxylation is 2. The number of fused-ring (bicyclic) bond motifs is 4. The molecule has 0 radical (unpaired) electrons. The number of methoxy groups -OCH3 is 4. The molecule has 0 unspecified atom stereocenters. The van der Waals surface area contributed by atoms with Crippen LogP contribution in [0.5, 0.6) is 35.0 Å². The van der Waals surface area contributed by atoms with Gasteiger partial charge in [0.25, 0.3) is 0 Å². The first-order valence-corrected chi connectivity index (χ1v) is 39.8. The van der Waals surface area contributed by atoms with E-state index in [0.29, 0.717) is 98.7 Å². The molecule has 16 aromatic rings. The van der Waals surface area contributed by atoms with Crippen molar-refractivity contribution in [2.75, 3.05) is 47.9 Å². The van der Waals surface area contributed by atoms with Crippen molar-refractivity contribution in [1.29, 1.82) is 0 Å². The molecule has 0 saturated carbocycles. The van der Waals surface area contributed by atoms with Crippen LogP contribution in [-0.2, 0) is 52.6 Å². The Bertz CT molecular complexity index is 6250. The van der Waals surface area contributed by atoms with E-state index in [1.807, 2.05) is 170 Å². The van der Waals surface area contributed by atoms with Gasteiger partial charge in [-0.2, -0.15) is 4.39 Å². The first-order chi connectivity index (χ1) is 57.9. The minimum Gasteiger partial charge on any atom is -0.497 e. The van der Waals surface area contributed by atoms with Gasteiger partial charge in [-0.05, 0) is 153 Å². The molecule has 0 bridgehead atoms. The Hall–Kier alpha value is -12.4. The number of nitrogens with zero attached hydrogens (tertiary/aromatic N) is 12. The van der Waals surface area contributed by atoms with Gasteiger partial charge in [-0.15, -0.1) is 0 Å². The predicted octanol–water partition coefficient (Wildman–Crippen LogP) is 18.5. The molecule has 0 aliphatic heterocycles. The summed E-state index contributed by atoms with van der Waals surface area (Å²) in [5, 5.41) is 46.7. The van der Waals surface area contributed by atoms with E-state index in [-0.39, 0.29) is 51.2 Å². The Kier molecular flexibility index (Phi) is 27.5. The molecule has 8 aromatic carbocycles. The van der Waals surface area contributed by atoms with Gasteiger partial charge in [-0.25, -0.2) is 48.7 Å². The molecule has 0 fully saturated rings. The van der Waals surface area contributed by atoms with Crippen LogP contribution in [0.3, 0.4) is 0 Å². The molecular formula is C91H85Cl2F3N12O10S. The van der Waals surface area contributed by atoms with Gasteiger partial charge in [0.05, 0.1) is 104 Å². The van der Waals surface area contributed by atoms with Crippen LogP contribution >= 0.6 is 35.0 Å². The highest BCUT2D eigenvalue weighted by molar-refractivity contribution is 7.98. The van der Waals surface area contributed by atoms with E-state index in [0.717, 1.165) is 122 Å². The van der Waals surface area contributed by atoms with Crippen LogP contribution < -0.4 is 28.4 Å². The maximum Gasteiger partial charge on any atom is 0.316 e. The summed E-state index contributed by atoms with van der Waals surface area (Å²) in [4.78, 5) is 33.2. The molecule has 0 spiro atoms. The van der Waals surface area contributed by atoms with Gasteiger partial charge in [0, 0.05) is 172 Å². The highest BCUT2D eigenvalue weighted by Gasteiger charge is 2.26. The highest BCUT2D eigenvalue weighted by Crippen LogP contribution is 2.43. The second-order valence-electron chi connectivity index (χ2n) is 27.2. The maximum atomic E-state index is 14.6. The van der Waals surface area contributed by atoms with E-state index in [4.69, 9.17) is 51.6 Å². The Labute approximate surface area is 698 Å². The lowest BCUT2D eigenvalue weighted by molar-refractivity contribution is 0.272. The summed E-state index contributed by atoms with van der Waals surface area (Å²) in [7, 11) is 6.44. The molecule has 4 N–H and O–H groups in total. The first kappa shape index (κ1) is 84.5. The lowest BCUT2D eigenvalue weighted by Crippen LogP contribution is -2.07. The smallest absolute Gasteiger partial charge is 0.316 e. The molecular weight excluding hydrogens is 1580 g/mol. The number of halogens is 5. The minimum absolute atomic E-state index is 0.124. The topological polar surface area (TPSA) is 259 Å². The maximum absolute atomic E-state index is 14.6. The number of thioether (sulfide) groups is 1. The molecule has 28 heteroatoms. The van der Waals surface area contributed by atoms with E-state index in [1.54, 1.807) is 83.8 Å². The van der Waals surface area contributed by atoms with E-state index in [9.17, 15) is 33.6 Å². The number of ether oxygens (including phenoxy) is 6. The zero-order chi connectivity index (χ0) is 84.0. The van der Waals surface area contributed by atoms with Crippen molar-refractivity contribution in [1.82, 2.24) is 58.1 Å². The van der Waals surface area contributed by atoms with Crippen LogP contribution in [-0.4, -0.2) is 126 Å². The third kappa shape index (κ3) is 18.5. The molecule has 8 aromatic heterocycles. The Morgan fingerprint density at radius 3 is 0.916 bits per heavy atom. The number of aliphatic hydroxyl groups excluding tert-OH is 4. The fourth-order valence-electron chi connectivity index (χ4n) is 14.5. The number of aliphatic hydroxyl groups is 4. The summed E-state index contributed by atoms with van der Waals surface area (Å²) in [5.74, 6) is 2.21. The summed E-state index contributed by atoms with van der Waals surface area (Å²) < 4.78 is 82.6. The van der Waals surface area contributed by atoms with Gasteiger partial charge in [-0.1, -0.05) is 95.6 Å². The monoisotopic (exact) mass is 1660 g/mol. The van der Waals surface area contributed by atoms with Crippen LogP contribution in [0.15, 0.2) is 212 Å². The van der Waals surface area contributed by atoms with Crippen molar-refractivity contribution in [2.45, 2.75) is 85.5 Å². The average molecular weight is 1670 g/mol. The number of rotatable bonds is 25. The van der Waals surface area contributed by atoms with Gasteiger partial charge < -0.3 is 67.1 Å². The van der Waals surface area contributed by atoms with E-state index < -0.39 is 6.08 Å². The number of aromatic nitrogens is 12. The third-order valence-corrected chi connectivity index (χ3v) is 21.5. The number of hydrogen-bond acceptors (Lipinski definition) is 19. The number of benzene rings is 8. The van der Waals surface area contributed by atoms with E-state index in [1.165, 1.54) is 36.3 Å². The fourth-order valence-corrected chi connectivity index (χ4v) is 15.2. The number of hydrogen-bond donors (Lipinski definition) is 4. The zero-order valence-electron chi connectivity index (χ0n) is 66.6. The molecule has 610 valence electrons. The van der Waals surface area contributed by atoms with Crippen molar-refractivity contribution < 1.29 is 62.0 Å². The van der Waals surface area contributed by atoms with E-state index in [2.05, 4.69) is 49.0 Å². The molecule has 0 aliphatic rings. The van der Waals surface area contributed by atoms with Crippen LogP contribution in [0.4, 0.5) is 13.2 Å². The Balaban J connectivity index is 0.000000137. The summed E-state index contributed by atoms with van der Waals surface area (Å²) in [6.07, 6.45) is 14.2. The van der Waals surface area contributed by atoms with Crippen molar-refractivity contribution in [3.63, 3.8) is 0 Å². The summed E-state index contributed by atoms with van der Waals surface area (Å²) in [6, 6.07) is 49.2. The Morgan fingerprint density at radius 1 is 0.361 bits per heavy atom. The molecule has 8 heterocycles. The quantitative estimate of drug-likeness (QED) is 0.0306. The van der Waals surface area contributed by atoms with E-state index >= 15 is 0 Å². The van der Waals surface area contributed by atoms with Crippen LogP contribution in [0, 0.1) is 31.6 Å². The van der Waals surface area contributed by atoms with Gasteiger partial charge in [0.2, 0.25) is 0 Å². The summed E-state index contributed by atoms with van der Waals surface area (Å²) in [5.41, 5.74) is 17.2. The fraction of sp³-hybridized carbons (Fsp3) is 0.209. The van der Waals surface area contributed by atoms with Crippen molar-refractivity contribution in [2.24, 2.45) is 0 Å².